The highest BCUT2D eigenvalue weighted by atomic mass is 16.2. The number of nitrogens with two attached hydrogens (primary N) is 1. The Labute approximate surface area is 125 Å². The second kappa shape index (κ2) is 5.24. The van der Waals surface area contributed by atoms with E-state index in [1.165, 1.54) is 11.1 Å². The molecule has 2 aromatic carbocycles. The first kappa shape index (κ1) is 13.7. The lowest BCUT2D eigenvalue weighted by Gasteiger charge is -2.30. The molecular formula is C18H20N2O. The Morgan fingerprint density at radius 1 is 1.14 bits per heavy atom. The van der Waals surface area contributed by atoms with E-state index in [1.807, 2.05) is 24.0 Å². The zero-order valence-corrected chi connectivity index (χ0v) is 12.5. The summed E-state index contributed by atoms with van der Waals surface area (Å²) in [6, 6.07) is 11.8. The summed E-state index contributed by atoms with van der Waals surface area (Å²) in [5.41, 5.74) is 11.7. The van der Waals surface area contributed by atoms with Gasteiger partial charge in [0.15, 0.2) is 0 Å². The lowest BCUT2D eigenvalue weighted by atomic mass is 9.98. The molecule has 1 aliphatic rings. The van der Waals surface area contributed by atoms with Gasteiger partial charge in [-0.1, -0.05) is 17.7 Å². The molecule has 1 aliphatic heterocycles. The Kier molecular flexibility index (Phi) is 3.42. The van der Waals surface area contributed by atoms with Gasteiger partial charge < -0.3 is 10.6 Å². The molecule has 0 radical (unpaired) electrons. The summed E-state index contributed by atoms with van der Waals surface area (Å²) in [5, 5.41) is 0. The molecule has 3 rings (SSSR count). The Balaban J connectivity index is 2.00. The number of carbonyl (C=O) groups excluding carboxylic acids is 1. The number of rotatable bonds is 1. The van der Waals surface area contributed by atoms with Crippen molar-refractivity contribution in [3.8, 4) is 0 Å². The zero-order valence-electron chi connectivity index (χ0n) is 12.5. The number of nitrogens with zero attached hydrogens (tertiary/aromatic N) is 1. The third kappa shape index (κ3) is 2.51. The summed E-state index contributed by atoms with van der Waals surface area (Å²) in [4.78, 5) is 14.8. The Hall–Kier alpha value is -2.29. The fraction of sp³-hybridized carbons (Fsp3) is 0.278. The van der Waals surface area contributed by atoms with Crippen LogP contribution in [0, 0.1) is 13.8 Å². The number of hydrogen-bond donors (Lipinski definition) is 1. The van der Waals surface area contributed by atoms with E-state index in [0.29, 0.717) is 5.69 Å². The highest BCUT2D eigenvalue weighted by Crippen LogP contribution is 2.30. The Morgan fingerprint density at radius 3 is 2.71 bits per heavy atom. The third-order valence-corrected chi connectivity index (χ3v) is 4.08. The first-order valence-electron chi connectivity index (χ1n) is 7.34. The van der Waals surface area contributed by atoms with Gasteiger partial charge >= 0.3 is 0 Å². The first-order chi connectivity index (χ1) is 10.1. The molecule has 1 heterocycles. The molecule has 0 bridgehead atoms. The number of nitrogen functional groups attached to an aromatic ring is 1. The van der Waals surface area contributed by atoms with Crippen molar-refractivity contribution >= 4 is 17.3 Å². The molecule has 0 aromatic heterocycles. The van der Waals surface area contributed by atoms with Crippen molar-refractivity contribution in [2.75, 3.05) is 17.2 Å². The van der Waals surface area contributed by atoms with Crippen LogP contribution in [0.5, 0.6) is 0 Å². The molecule has 21 heavy (non-hydrogen) atoms. The quantitative estimate of drug-likeness (QED) is 0.813. The van der Waals surface area contributed by atoms with E-state index >= 15 is 0 Å². The van der Waals surface area contributed by atoms with Crippen LogP contribution in [0.4, 0.5) is 11.4 Å². The van der Waals surface area contributed by atoms with E-state index in [2.05, 4.69) is 25.1 Å². The van der Waals surface area contributed by atoms with Crippen LogP contribution in [0.2, 0.25) is 0 Å². The van der Waals surface area contributed by atoms with E-state index in [-0.39, 0.29) is 5.91 Å². The van der Waals surface area contributed by atoms with Crippen LogP contribution >= 0.6 is 0 Å². The van der Waals surface area contributed by atoms with Crippen molar-refractivity contribution in [2.45, 2.75) is 26.7 Å². The summed E-state index contributed by atoms with van der Waals surface area (Å²) in [6.45, 7) is 4.80. The number of hydrogen-bond acceptors (Lipinski definition) is 2. The second-order valence-corrected chi connectivity index (χ2v) is 5.77. The smallest absolute Gasteiger partial charge is 0.258 e. The molecule has 3 heteroatoms. The van der Waals surface area contributed by atoms with Crippen LogP contribution in [-0.4, -0.2) is 12.5 Å². The first-order valence-corrected chi connectivity index (χ1v) is 7.34. The normalized spacial score (nSPS) is 13.9. The largest absolute Gasteiger partial charge is 0.399 e. The fourth-order valence-corrected chi connectivity index (χ4v) is 3.01. The molecule has 0 aliphatic carbocycles. The van der Waals surface area contributed by atoms with Gasteiger partial charge in [-0.3, -0.25) is 4.79 Å². The van der Waals surface area contributed by atoms with E-state index in [1.54, 1.807) is 6.07 Å². The number of carbonyl (C=O) groups is 1. The SMILES string of the molecule is Cc1ccc2c(c1)CCCN2C(=O)c1ccc(N)cc1C. The van der Waals surface area contributed by atoms with Crippen molar-refractivity contribution in [1.29, 1.82) is 0 Å². The van der Waals surface area contributed by atoms with Crippen molar-refractivity contribution in [1.82, 2.24) is 0 Å². The third-order valence-electron chi connectivity index (χ3n) is 4.08. The summed E-state index contributed by atoms with van der Waals surface area (Å²) >= 11 is 0. The van der Waals surface area contributed by atoms with Crippen LogP contribution in [0.15, 0.2) is 36.4 Å². The Bertz CT molecular complexity index is 706. The molecule has 0 spiro atoms. The maximum Gasteiger partial charge on any atom is 0.258 e. The lowest BCUT2D eigenvalue weighted by Crippen LogP contribution is -2.35. The van der Waals surface area contributed by atoms with E-state index in [0.717, 1.165) is 36.2 Å². The topological polar surface area (TPSA) is 46.3 Å². The van der Waals surface area contributed by atoms with Gasteiger partial charge in [-0.15, -0.1) is 0 Å². The number of fused-ring (bicyclic) bond motifs is 1. The minimum Gasteiger partial charge on any atom is -0.399 e. The predicted octanol–water partition coefficient (Wildman–Crippen LogP) is 3.48. The average Bonchev–Trinajstić information content (AvgIpc) is 2.45. The summed E-state index contributed by atoms with van der Waals surface area (Å²) in [6.07, 6.45) is 2.05. The van der Waals surface area contributed by atoms with Crippen LogP contribution in [0.25, 0.3) is 0 Å². The maximum absolute atomic E-state index is 12.9. The van der Waals surface area contributed by atoms with Gasteiger partial charge in [-0.25, -0.2) is 0 Å². The fourth-order valence-electron chi connectivity index (χ4n) is 3.01. The number of anilines is 2. The molecule has 0 saturated carbocycles. The zero-order chi connectivity index (χ0) is 15.0. The van der Waals surface area contributed by atoms with Gasteiger partial charge in [0, 0.05) is 23.5 Å². The molecular weight excluding hydrogens is 260 g/mol. The number of aryl methyl sites for hydroxylation is 3. The van der Waals surface area contributed by atoms with Crippen LogP contribution < -0.4 is 10.6 Å². The average molecular weight is 280 g/mol. The molecule has 0 atom stereocenters. The molecule has 108 valence electrons. The Morgan fingerprint density at radius 2 is 1.95 bits per heavy atom. The maximum atomic E-state index is 12.9. The summed E-state index contributed by atoms with van der Waals surface area (Å²) in [5.74, 6) is 0.0669. The molecule has 1 amide bonds. The van der Waals surface area contributed by atoms with Gasteiger partial charge in [0.25, 0.3) is 5.91 Å². The molecule has 0 fully saturated rings. The molecule has 2 aromatic rings. The van der Waals surface area contributed by atoms with Crippen molar-refractivity contribution < 1.29 is 4.79 Å². The van der Waals surface area contributed by atoms with E-state index < -0.39 is 0 Å². The van der Waals surface area contributed by atoms with Crippen molar-refractivity contribution in [2.24, 2.45) is 0 Å². The van der Waals surface area contributed by atoms with Gasteiger partial charge in [0.1, 0.15) is 0 Å². The van der Waals surface area contributed by atoms with E-state index in [9.17, 15) is 4.79 Å². The van der Waals surface area contributed by atoms with Crippen molar-refractivity contribution in [3.63, 3.8) is 0 Å². The monoisotopic (exact) mass is 280 g/mol. The van der Waals surface area contributed by atoms with Crippen LogP contribution in [0.3, 0.4) is 0 Å². The van der Waals surface area contributed by atoms with Gasteiger partial charge in [0.2, 0.25) is 0 Å². The number of benzene rings is 2. The standard InChI is InChI=1S/C18H20N2O/c1-12-5-8-17-14(10-12)4-3-9-20(17)18(21)16-7-6-15(19)11-13(16)2/h5-8,10-11H,3-4,9,19H2,1-2H3. The second-order valence-electron chi connectivity index (χ2n) is 5.77. The van der Waals surface area contributed by atoms with Gasteiger partial charge in [-0.2, -0.15) is 0 Å². The lowest BCUT2D eigenvalue weighted by molar-refractivity contribution is 0.0984. The summed E-state index contributed by atoms with van der Waals surface area (Å²) in [7, 11) is 0. The molecule has 2 N–H and O–H groups in total. The molecule has 3 nitrogen and oxygen atoms in total. The van der Waals surface area contributed by atoms with Gasteiger partial charge in [0.05, 0.1) is 0 Å². The number of amides is 1. The minimum atomic E-state index is 0.0669. The highest BCUT2D eigenvalue weighted by molar-refractivity contribution is 6.07. The summed E-state index contributed by atoms with van der Waals surface area (Å²) < 4.78 is 0. The highest BCUT2D eigenvalue weighted by Gasteiger charge is 2.24. The van der Waals surface area contributed by atoms with Crippen LogP contribution in [-0.2, 0) is 6.42 Å². The predicted molar refractivity (Wildman–Crippen MR) is 86.8 cm³/mol. The van der Waals surface area contributed by atoms with E-state index in [4.69, 9.17) is 5.73 Å². The molecule has 0 unspecified atom stereocenters. The van der Waals surface area contributed by atoms with Gasteiger partial charge in [-0.05, 0) is 62.1 Å². The van der Waals surface area contributed by atoms with Crippen molar-refractivity contribution in [3.05, 3.63) is 58.7 Å². The minimum absolute atomic E-state index is 0.0669. The molecule has 0 saturated heterocycles. The van der Waals surface area contributed by atoms with Crippen LogP contribution in [0.1, 0.15) is 33.5 Å².